The molecular weight excluding hydrogens is 152 g/mol. The summed E-state index contributed by atoms with van der Waals surface area (Å²) >= 11 is 0. The lowest BCUT2D eigenvalue weighted by Gasteiger charge is -2.40. The van der Waals surface area contributed by atoms with Crippen molar-refractivity contribution in [1.29, 1.82) is 0 Å². The molecule has 0 amide bonds. The van der Waals surface area contributed by atoms with Gasteiger partial charge >= 0.3 is 0 Å². The van der Waals surface area contributed by atoms with E-state index in [-0.39, 0.29) is 0 Å². The van der Waals surface area contributed by atoms with Crippen molar-refractivity contribution in [3.63, 3.8) is 0 Å². The molecule has 0 aromatic carbocycles. The van der Waals surface area contributed by atoms with E-state index in [1.807, 2.05) is 0 Å². The van der Waals surface area contributed by atoms with Crippen molar-refractivity contribution in [3.05, 3.63) is 4.91 Å². The molecule has 3 heteroatoms. The Kier molecular flexibility index (Phi) is 2.28. The molecule has 1 aliphatic carbocycles. The summed E-state index contributed by atoms with van der Waals surface area (Å²) in [6.07, 6.45) is 7.62. The Morgan fingerprint density at radius 1 is 1.08 bits per heavy atom. The molecule has 2 unspecified atom stereocenters. The minimum atomic E-state index is 0.491. The Bertz CT molecular complexity index is 170. The van der Waals surface area contributed by atoms with Crippen molar-refractivity contribution in [2.75, 3.05) is 6.54 Å². The zero-order valence-electron chi connectivity index (χ0n) is 7.41. The standard InChI is InChI=1S/C9H16N2O/c12-10-11-7-3-5-8-4-1-2-6-9(8)11/h8-9H,1-7H2. The Labute approximate surface area is 73.1 Å². The van der Waals surface area contributed by atoms with Gasteiger partial charge in [-0.3, -0.25) is 5.01 Å². The lowest BCUT2D eigenvalue weighted by Crippen LogP contribution is -2.43. The molecular formula is C9H16N2O. The number of hydrogen-bond acceptors (Lipinski definition) is 2. The smallest absolute Gasteiger partial charge is 0.0530 e. The number of rotatable bonds is 1. The molecule has 68 valence electrons. The Hall–Kier alpha value is -0.600. The molecule has 2 atom stereocenters. The summed E-state index contributed by atoms with van der Waals surface area (Å²) in [4.78, 5) is 10.5. The van der Waals surface area contributed by atoms with E-state index in [1.54, 1.807) is 5.01 Å². The fraction of sp³-hybridized carbons (Fsp3) is 1.00. The van der Waals surface area contributed by atoms with Gasteiger partial charge in [0.05, 0.1) is 11.3 Å². The van der Waals surface area contributed by atoms with Gasteiger partial charge in [-0.15, -0.1) is 4.91 Å². The van der Waals surface area contributed by atoms with Crippen molar-refractivity contribution in [1.82, 2.24) is 5.01 Å². The zero-order valence-corrected chi connectivity index (χ0v) is 7.41. The molecule has 0 radical (unpaired) electrons. The van der Waals surface area contributed by atoms with Crippen LogP contribution in [-0.4, -0.2) is 17.6 Å². The van der Waals surface area contributed by atoms with Gasteiger partial charge in [-0.1, -0.05) is 12.8 Å². The first-order valence-corrected chi connectivity index (χ1v) is 5.02. The monoisotopic (exact) mass is 168 g/mol. The van der Waals surface area contributed by atoms with Crippen LogP contribution in [-0.2, 0) is 0 Å². The summed E-state index contributed by atoms with van der Waals surface area (Å²) in [5.74, 6) is 0.769. The van der Waals surface area contributed by atoms with Crippen molar-refractivity contribution in [2.24, 2.45) is 11.2 Å². The fourth-order valence-corrected chi connectivity index (χ4v) is 2.70. The normalized spacial score (nSPS) is 35.8. The lowest BCUT2D eigenvalue weighted by atomic mass is 9.79. The third kappa shape index (κ3) is 1.32. The predicted octanol–water partition coefficient (Wildman–Crippen LogP) is 2.32. The van der Waals surface area contributed by atoms with Crippen LogP contribution in [0.4, 0.5) is 0 Å². The van der Waals surface area contributed by atoms with Crippen molar-refractivity contribution in [3.8, 4) is 0 Å². The predicted molar refractivity (Wildman–Crippen MR) is 47.5 cm³/mol. The number of fused-ring (bicyclic) bond motifs is 1. The van der Waals surface area contributed by atoms with Crippen LogP contribution in [0.2, 0.25) is 0 Å². The molecule has 0 aromatic rings. The molecule has 12 heavy (non-hydrogen) atoms. The molecule has 0 aromatic heterocycles. The Morgan fingerprint density at radius 3 is 2.67 bits per heavy atom. The first-order valence-electron chi connectivity index (χ1n) is 5.02. The van der Waals surface area contributed by atoms with Crippen molar-refractivity contribution in [2.45, 2.75) is 44.6 Å². The van der Waals surface area contributed by atoms with Crippen LogP contribution in [0.5, 0.6) is 0 Å². The summed E-state index contributed by atoms with van der Waals surface area (Å²) in [5.41, 5.74) is 0. The third-order valence-electron chi connectivity index (χ3n) is 3.32. The van der Waals surface area contributed by atoms with Crippen LogP contribution in [0.3, 0.4) is 0 Å². The van der Waals surface area contributed by atoms with Gasteiger partial charge in [-0.05, 0) is 31.6 Å². The average molecular weight is 168 g/mol. The molecule has 1 saturated carbocycles. The van der Waals surface area contributed by atoms with Gasteiger partial charge in [-0.2, -0.15) is 0 Å². The quantitative estimate of drug-likeness (QED) is 0.563. The Balaban J connectivity index is 2.03. The second-order valence-corrected chi connectivity index (χ2v) is 4.00. The maximum atomic E-state index is 10.5. The average Bonchev–Trinajstić information content (AvgIpc) is 2.17. The second-order valence-electron chi connectivity index (χ2n) is 4.00. The first-order chi connectivity index (χ1) is 5.92. The Morgan fingerprint density at radius 2 is 1.83 bits per heavy atom. The van der Waals surface area contributed by atoms with Crippen LogP contribution in [0.15, 0.2) is 5.29 Å². The van der Waals surface area contributed by atoms with Gasteiger partial charge in [0, 0.05) is 6.54 Å². The van der Waals surface area contributed by atoms with E-state index < -0.39 is 0 Å². The SMILES string of the molecule is O=NN1CCCC2CCCCC21. The van der Waals surface area contributed by atoms with Crippen LogP contribution in [0.25, 0.3) is 0 Å². The van der Waals surface area contributed by atoms with E-state index in [2.05, 4.69) is 5.29 Å². The molecule has 0 bridgehead atoms. The summed E-state index contributed by atoms with van der Waals surface area (Å²) < 4.78 is 0. The van der Waals surface area contributed by atoms with E-state index in [9.17, 15) is 4.91 Å². The summed E-state index contributed by atoms with van der Waals surface area (Å²) in [7, 11) is 0. The van der Waals surface area contributed by atoms with Crippen LogP contribution in [0, 0.1) is 10.8 Å². The van der Waals surface area contributed by atoms with E-state index in [0.717, 1.165) is 18.9 Å². The minimum absolute atomic E-state index is 0.491. The molecule has 0 spiro atoms. The lowest BCUT2D eigenvalue weighted by molar-refractivity contribution is 0.0620. The van der Waals surface area contributed by atoms with Crippen LogP contribution >= 0.6 is 0 Å². The largest absolute Gasteiger partial charge is 0.258 e. The number of nitrogens with zero attached hydrogens (tertiary/aromatic N) is 2. The molecule has 0 N–H and O–H groups in total. The van der Waals surface area contributed by atoms with Crippen LogP contribution < -0.4 is 0 Å². The van der Waals surface area contributed by atoms with E-state index in [0.29, 0.717) is 6.04 Å². The fourth-order valence-electron chi connectivity index (χ4n) is 2.70. The van der Waals surface area contributed by atoms with Gasteiger partial charge < -0.3 is 0 Å². The summed E-state index contributed by atoms with van der Waals surface area (Å²) in [6.45, 7) is 0.894. The number of piperidine rings is 1. The van der Waals surface area contributed by atoms with Gasteiger partial charge in [-0.25, -0.2) is 0 Å². The number of hydrogen-bond donors (Lipinski definition) is 0. The van der Waals surface area contributed by atoms with E-state index >= 15 is 0 Å². The van der Waals surface area contributed by atoms with E-state index in [4.69, 9.17) is 0 Å². The maximum absolute atomic E-state index is 10.5. The summed E-state index contributed by atoms with van der Waals surface area (Å²) in [5, 5.41) is 4.90. The third-order valence-corrected chi connectivity index (χ3v) is 3.32. The second kappa shape index (κ2) is 3.42. The first kappa shape index (κ1) is 8.02. The summed E-state index contributed by atoms with van der Waals surface area (Å²) in [6, 6.07) is 0.491. The molecule has 1 aliphatic heterocycles. The molecule has 2 aliphatic rings. The molecule has 2 rings (SSSR count). The van der Waals surface area contributed by atoms with Crippen molar-refractivity contribution < 1.29 is 0 Å². The highest BCUT2D eigenvalue weighted by molar-refractivity contribution is 4.85. The van der Waals surface area contributed by atoms with E-state index in [1.165, 1.54) is 32.1 Å². The van der Waals surface area contributed by atoms with Crippen LogP contribution in [0.1, 0.15) is 38.5 Å². The van der Waals surface area contributed by atoms with Gasteiger partial charge in [0.15, 0.2) is 0 Å². The molecule has 1 heterocycles. The molecule has 3 nitrogen and oxygen atoms in total. The zero-order chi connectivity index (χ0) is 8.39. The van der Waals surface area contributed by atoms with Gasteiger partial charge in [0.1, 0.15) is 0 Å². The topological polar surface area (TPSA) is 32.7 Å². The molecule has 2 fully saturated rings. The highest BCUT2D eigenvalue weighted by atomic mass is 16.3. The minimum Gasteiger partial charge on any atom is -0.258 e. The maximum Gasteiger partial charge on any atom is 0.0530 e. The van der Waals surface area contributed by atoms with Crippen molar-refractivity contribution >= 4 is 0 Å². The van der Waals surface area contributed by atoms with Gasteiger partial charge in [0.25, 0.3) is 0 Å². The highest BCUT2D eigenvalue weighted by Gasteiger charge is 2.33. The number of nitroso groups, excluding NO2 is 1. The molecule has 1 saturated heterocycles. The van der Waals surface area contributed by atoms with Gasteiger partial charge in [0.2, 0.25) is 0 Å². The highest BCUT2D eigenvalue weighted by Crippen LogP contribution is 2.35.